The summed E-state index contributed by atoms with van der Waals surface area (Å²) in [6.45, 7) is 5.75. The number of para-hydroxylation sites is 1. The van der Waals surface area contributed by atoms with E-state index in [-0.39, 0.29) is 24.6 Å². The van der Waals surface area contributed by atoms with Crippen molar-refractivity contribution in [3.63, 3.8) is 0 Å². The molecule has 9 nitrogen and oxygen atoms in total. The first kappa shape index (κ1) is 29.3. The van der Waals surface area contributed by atoms with Crippen molar-refractivity contribution in [2.75, 3.05) is 19.7 Å². The average Bonchev–Trinajstić information content (AvgIpc) is 3.25. The molecule has 0 saturated carbocycles. The third-order valence-corrected chi connectivity index (χ3v) is 7.46. The maximum absolute atomic E-state index is 13.8. The van der Waals surface area contributed by atoms with Gasteiger partial charge in [0.2, 0.25) is 5.91 Å². The summed E-state index contributed by atoms with van der Waals surface area (Å²) in [5.74, 6) is -2.11. The lowest BCUT2D eigenvalue weighted by molar-refractivity contribution is -0.139. The second kappa shape index (κ2) is 12.8. The molecule has 0 radical (unpaired) electrons. The van der Waals surface area contributed by atoms with Gasteiger partial charge in [-0.05, 0) is 44.5 Å². The lowest BCUT2D eigenvalue weighted by Gasteiger charge is -2.32. The zero-order valence-electron chi connectivity index (χ0n) is 24.3. The summed E-state index contributed by atoms with van der Waals surface area (Å²) in [4.78, 5) is 53.8. The number of carbonyl (C=O) groups excluding carboxylic acids is 4. The number of ether oxygens (including phenoxy) is 2. The van der Waals surface area contributed by atoms with E-state index in [1.54, 1.807) is 38.1 Å². The van der Waals surface area contributed by atoms with E-state index in [9.17, 15) is 19.2 Å². The van der Waals surface area contributed by atoms with Crippen LogP contribution in [0.2, 0.25) is 0 Å². The van der Waals surface area contributed by atoms with Crippen LogP contribution in [-0.4, -0.2) is 48.3 Å². The fourth-order valence-corrected chi connectivity index (χ4v) is 5.47. The standard InChI is InChI=1S/C34H33N3O6/c1-4-35-31(38)28-21(2)36-22(3)29(30(28)26-16-10-11-17-27(26)43-20-23-12-6-5-7-13-23)34(41)42-19-18-37-32(39)24-14-8-9-15-25(24)33(37)40/h5-17,30,36H,4,18-20H2,1-3H3,(H,35,38). The van der Waals surface area contributed by atoms with Crippen molar-refractivity contribution in [3.05, 3.63) is 124 Å². The fraction of sp³-hybridized carbons (Fsp3) is 0.235. The second-order valence-electron chi connectivity index (χ2n) is 10.3. The van der Waals surface area contributed by atoms with Crippen molar-refractivity contribution >= 4 is 23.7 Å². The van der Waals surface area contributed by atoms with Crippen LogP contribution in [0.1, 0.15) is 58.5 Å². The van der Waals surface area contributed by atoms with Crippen LogP contribution in [0.5, 0.6) is 5.75 Å². The van der Waals surface area contributed by atoms with Gasteiger partial charge in [-0.15, -0.1) is 0 Å². The van der Waals surface area contributed by atoms with Crippen molar-refractivity contribution in [2.24, 2.45) is 0 Å². The van der Waals surface area contributed by atoms with Gasteiger partial charge in [0.25, 0.3) is 11.8 Å². The Balaban J connectivity index is 1.42. The molecule has 43 heavy (non-hydrogen) atoms. The smallest absolute Gasteiger partial charge is 0.336 e. The first-order valence-corrected chi connectivity index (χ1v) is 14.2. The van der Waals surface area contributed by atoms with Crippen molar-refractivity contribution in [1.82, 2.24) is 15.5 Å². The monoisotopic (exact) mass is 579 g/mol. The van der Waals surface area contributed by atoms with Crippen LogP contribution in [-0.2, 0) is 20.9 Å². The Morgan fingerprint density at radius 3 is 2.12 bits per heavy atom. The zero-order valence-corrected chi connectivity index (χ0v) is 24.3. The molecule has 2 heterocycles. The van der Waals surface area contributed by atoms with Crippen molar-refractivity contribution < 1.29 is 28.7 Å². The molecule has 0 spiro atoms. The highest BCUT2D eigenvalue weighted by atomic mass is 16.5. The van der Waals surface area contributed by atoms with Crippen LogP contribution in [0.25, 0.3) is 0 Å². The molecule has 0 fully saturated rings. The molecular weight excluding hydrogens is 546 g/mol. The number of benzene rings is 3. The van der Waals surface area contributed by atoms with Gasteiger partial charge in [0.1, 0.15) is 19.0 Å². The van der Waals surface area contributed by atoms with Gasteiger partial charge in [-0.3, -0.25) is 19.3 Å². The van der Waals surface area contributed by atoms with Crippen molar-refractivity contribution in [3.8, 4) is 5.75 Å². The number of fused-ring (bicyclic) bond motifs is 1. The molecule has 3 aromatic carbocycles. The first-order chi connectivity index (χ1) is 20.8. The number of likely N-dealkylation sites (N-methyl/N-ethyl adjacent to an activating group) is 1. The molecule has 2 aliphatic rings. The van der Waals surface area contributed by atoms with Gasteiger partial charge < -0.3 is 20.1 Å². The normalized spacial score (nSPS) is 16.2. The number of hydrogen-bond donors (Lipinski definition) is 2. The van der Waals surface area contributed by atoms with E-state index in [1.165, 1.54) is 0 Å². The molecule has 1 atom stereocenters. The number of hydrogen-bond acceptors (Lipinski definition) is 7. The predicted molar refractivity (Wildman–Crippen MR) is 160 cm³/mol. The summed E-state index contributed by atoms with van der Waals surface area (Å²) in [5, 5.41) is 6.03. The number of esters is 1. The number of amides is 3. The van der Waals surface area contributed by atoms with Crippen LogP contribution in [0.15, 0.2) is 101 Å². The number of nitrogens with zero attached hydrogens (tertiary/aromatic N) is 1. The first-order valence-electron chi connectivity index (χ1n) is 14.2. The lowest BCUT2D eigenvalue weighted by Crippen LogP contribution is -2.37. The number of imide groups is 1. The van der Waals surface area contributed by atoms with Crippen LogP contribution in [0.4, 0.5) is 0 Å². The predicted octanol–water partition coefficient (Wildman–Crippen LogP) is 4.48. The van der Waals surface area contributed by atoms with Crippen LogP contribution in [0, 0.1) is 0 Å². The van der Waals surface area contributed by atoms with E-state index in [0.717, 1.165) is 10.5 Å². The van der Waals surface area contributed by atoms with Crippen molar-refractivity contribution in [2.45, 2.75) is 33.3 Å². The highest BCUT2D eigenvalue weighted by Crippen LogP contribution is 2.42. The Bertz CT molecular complexity index is 1610. The molecule has 0 aliphatic carbocycles. The van der Waals surface area contributed by atoms with E-state index >= 15 is 0 Å². The summed E-state index contributed by atoms with van der Waals surface area (Å²) in [5.41, 5.74) is 4.00. The summed E-state index contributed by atoms with van der Waals surface area (Å²) < 4.78 is 11.9. The van der Waals surface area contributed by atoms with Gasteiger partial charge in [0, 0.05) is 29.1 Å². The van der Waals surface area contributed by atoms with Gasteiger partial charge in [-0.25, -0.2) is 4.79 Å². The number of dihydropyridines is 1. The van der Waals surface area contributed by atoms with E-state index in [1.807, 2.05) is 61.5 Å². The fourth-order valence-electron chi connectivity index (χ4n) is 5.47. The largest absolute Gasteiger partial charge is 0.489 e. The second-order valence-corrected chi connectivity index (χ2v) is 10.3. The van der Waals surface area contributed by atoms with E-state index in [0.29, 0.717) is 52.6 Å². The van der Waals surface area contributed by atoms with Crippen LogP contribution >= 0.6 is 0 Å². The Morgan fingerprint density at radius 2 is 1.44 bits per heavy atom. The summed E-state index contributed by atoms with van der Waals surface area (Å²) in [7, 11) is 0. The minimum atomic E-state index is -0.799. The number of rotatable bonds is 10. The summed E-state index contributed by atoms with van der Waals surface area (Å²) in [6.07, 6.45) is 0. The minimum Gasteiger partial charge on any atom is -0.489 e. The molecule has 1 unspecified atom stereocenters. The molecule has 2 aliphatic heterocycles. The highest BCUT2D eigenvalue weighted by molar-refractivity contribution is 6.21. The van der Waals surface area contributed by atoms with E-state index in [2.05, 4.69) is 10.6 Å². The Hall–Kier alpha value is -5.18. The lowest BCUT2D eigenvalue weighted by atomic mass is 9.79. The number of nitrogens with one attached hydrogen (secondary N) is 2. The van der Waals surface area contributed by atoms with Gasteiger partial charge in [0.15, 0.2) is 0 Å². The molecule has 0 bridgehead atoms. The van der Waals surface area contributed by atoms with E-state index < -0.39 is 23.7 Å². The SMILES string of the molecule is CCNC(=O)C1=C(C)NC(C)=C(C(=O)OCCN2C(=O)c3ccccc3C2=O)C1c1ccccc1OCc1ccccc1. The Labute approximate surface area is 250 Å². The Morgan fingerprint density at radius 1 is 0.837 bits per heavy atom. The quantitative estimate of drug-likeness (QED) is 0.269. The molecular formula is C34H33N3O6. The van der Waals surface area contributed by atoms with Crippen LogP contribution in [0.3, 0.4) is 0 Å². The third-order valence-electron chi connectivity index (χ3n) is 7.46. The molecule has 0 saturated heterocycles. The molecule has 2 N–H and O–H groups in total. The average molecular weight is 580 g/mol. The molecule has 9 heteroatoms. The molecule has 3 amide bonds. The van der Waals surface area contributed by atoms with Crippen molar-refractivity contribution in [1.29, 1.82) is 0 Å². The molecule has 220 valence electrons. The zero-order chi connectivity index (χ0) is 30.5. The minimum absolute atomic E-state index is 0.0999. The van der Waals surface area contributed by atoms with Gasteiger partial charge in [-0.2, -0.15) is 0 Å². The topological polar surface area (TPSA) is 114 Å². The van der Waals surface area contributed by atoms with E-state index in [4.69, 9.17) is 9.47 Å². The van der Waals surface area contributed by atoms with Gasteiger partial charge >= 0.3 is 5.97 Å². The Kier molecular flexibility index (Phi) is 8.71. The highest BCUT2D eigenvalue weighted by Gasteiger charge is 2.39. The number of carbonyl (C=O) groups is 4. The molecule has 3 aromatic rings. The third kappa shape index (κ3) is 5.92. The maximum atomic E-state index is 13.8. The maximum Gasteiger partial charge on any atom is 0.336 e. The molecule has 0 aromatic heterocycles. The van der Waals surface area contributed by atoms with Gasteiger partial charge in [0.05, 0.1) is 29.2 Å². The molecule has 5 rings (SSSR count). The number of allylic oxidation sites excluding steroid dienone is 2. The summed E-state index contributed by atoms with van der Waals surface area (Å²) in [6, 6.07) is 23.6. The van der Waals surface area contributed by atoms with Gasteiger partial charge in [-0.1, -0.05) is 60.7 Å². The van der Waals surface area contributed by atoms with Crippen LogP contribution < -0.4 is 15.4 Å². The summed E-state index contributed by atoms with van der Waals surface area (Å²) >= 11 is 0.